The van der Waals surface area contributed by atoms with Crippen LogP contribution in [0.3, 0.4) is 0 Å². The first-order valence-corrected chi connectivity index (χ1v) is 9.97. The molecule has 0 atom stereocenters. The van der Waals surface area contributed by atoms with Crippen LogP contribution < -0.4 is 0 Å². The van der Waals surface area contributed by atoms with Gasteiger partial charge in [-0.05, 0) is 46.7 Å². The minimum atomic E-state index is 0.670. The fourth-order valence-electron chi connectivity index (χ4n) is 3.48. The third-order valence-electron chi connectivity index (χ3n) is 4.91. The van der Waals surface area contributed by atoms with Crippen LogP contribution in [0.15, 0.2) is 70.8 Å². The molecule has 0 amide bonds. The van der Waals surface area contributed by atoms with Gasteiger partial charge in [-0.3, -0.25) is 4.90 Å². The summed E-state index contributed by atoms with van der Waals surface area (Å²) < 4.78 is 5.44. The summed E-state index contributed by atoms with van der Waals surface area (Å²) in [6, 6.07) is 16.6. The fraction of sp³-hybridized carbons (Fsp3) is 0.182. The molecule has 1 aliphatic heterocycles. The quantitative estimate of drug-likeness (QED) is 0.503. The Hall–Kier alpha value is -2.76. The van der Waals surface area contributed by atoms with Crippen molar-refractivity contribution in [2.45, 2.75) is 19.5 Å². The number of thiophene rings is 1. The molecule has 4 nitrogen and oxygen atoms in total. The molecule has 0 aliphatic carbocycles. The summed E-state index contributed by atoms with van der Waals surface area (Å²) in [4.78, 5) is 13.1. The van der Waals surface area contributed by atoms with Gasteiger partial charge in [0.1, 0.15) is 0 Å². The third-order valence-corrected chi connectivity index (χ3v) is 5.83. The van der Waals surface area contributed by atoms with Crippen LogP contribution in [-0.2, 0) is 19.5 Å². The number of hydrogen-bond acceptors (Lipinski definition) is 5. The zero-order valence-corrected chi connectivity index (χ0v) is 15.7. The van der Waals surface area contributed by atoms with Crippen molar-refractivity contribution >= 4 is 11.3 Å². The SMILES string of the molecule is c1ccc(-c2csc(CN3CCc4cnc(-c5ccco5)nc4C3)c2)cc1. The molecule has 0 saturated heterocycles. The summed E-state index contributed by atoms with van der Waals surface area (Å²) >= 11 is 1.83. The van der Waals surface area contributed by atoms with Crippen LogP contribution >= 0.6 is 11.3 Å². The van der Waals surface area contributed by atoms with Gasteiger partial charge in [-0.25, -0.2) is 9.97 Å². The van der Waals surface area contributed by atoms with Crippen LogP contribution in [0.1, 0.15) is 16.1 Å². The number of fused-ring (bicyclic) bond motifs is 1. The Balaban J connectivity index is 1.32. The number of benzene rings is 1. The van der Waals surface area contributed by atoms with Crippen molar-refractivity contribution in [3.63, 3.8) is 0 Å². The summed E-state index contributed by atoms with van der Waals surface area (Å²) in [5, 5.41) is 2.25. The molecule has 0 fully saturated rings. The Morgan fingerprint density at radius 2 is 2.00 bits per heavy atom. The Kier molecular flexibility index (Phi) is 4.32. The van der Waals surface area contributed by atoms with E-state index in [4.69, 9.17) is 9.40 Å². The van der Waals surface area contributed by atoms with Crippen LogP contribution in [0, 0.1) is 0 Å². The average Bonchev–Trinajstić information content (AvgIpc) is 3.40. The van der Waals surface area contributed by atoms with Crippen molar-refractivity contribution < 1.29 is 4.42 Å². The zero-order chi connectivity index (χ0) is 18.1. The maximum atomic E-state index is 5.44. The molecule has 134 valence electrons. The van der Waals surface area contributed by atoms with Gasteiger partial charge in [0, 0.05) is 30.7 Å². The van der Waals surface area contributed by atoms with E-state index >= 15 is 0 Å². The minimum absolute atomic E-state index is 0.670. The molecule has 5 heteroatoms. The number of hydrogen-bond donors (Lipinski definition) is 0. The lowest BCUT2D eigenvalue weighted by atomic mass is 10.1. The maximum Gasteiger partial charge on any atom is 0.195 e. The summed E-state index contributed by atoms with van der Waals surface area (Å²) in [6.45, 7) is 2.84. The van der Waals surface area contributed by atoms with E-state index in [2.05, 4.69) is 51.7 Å². The highest BCUT2D eigenvalue weighted by molar-refractivity contribution is 7.10. The first-order chi connectivity index (χ1) is 13.3. The van der Waals surface area contributed by atoms with Crippen LogP contribution in [0.5, 0.6) is 0 Å². The molecule has 0 unspecified atom stereocenters. The van der Waals surface area contributed by atoms with Gasteiger partial charge < -0.3 is 4.42 Å². The van der Waals surface area contributed by atoms with E-state index in [0.717, 1.165) is 37.5 Å². The predicted octanol–water partition coefficient (Wildman–Crippen LogP) is 5.02. The molecule has 3 aromatic heterocycles. The highest BCUT2D eigenvalue weighted by Gasteiger charge is 2.20. The molecule has 4 aromatic rings. The lowest BCUT2D eigenvalue weighted by Gasteiger charge is -2.27. The van der Waals surface area contributed by atoms with Gasteiger partial charge in [-0.2, -0.15) is 0 Å². The molecule has 0 radical (unpaired) electrons. The molecule has 27 heavy (non-hydrogen) atoms. The molecule has 4 heterocycles. The Labute approximate surface area is 162 Å². The summed E-state index contributed by atoms with van der Waals surface area (Å²) in [7, 11) is 0. The molecular weight excluding hydrogens is 354 g/mol. The standard InChI is InChI=1S/C22H19N3OS/c1-2-5-16(6-3-1)18-11-19(27-15-18)13-25-9-8-17-12-23-22(24-20(17)14-25)21-7-4-10-26-21/h1-7,10-12,15H,8-9,13-14H2. The van der Waals surface area contributed by atoms with Gasteiger partial charge in [0.2, 0.25) is 0 Å². The van der Waals surface area contributed by atoms with E-state index in [1.807, 2.05) is 29.7 Å². The van der Waals surface area contributed by atoms with E-state index in [1.54, 1.807) is 6.26 Å². The lowest BCUT2D eigenvalue weighted by Crippen LogP contribution is -2.30. The van der Waals surface area contributed by atoms with Gasteiger partial charge in [0.25, 0.3) is 0 Å². The van der Waals surface area contributed by atoms with Gasteiger partial charge in [0.15, 0.2) is 11.6 Å². The van der Waals surface area contributed by atoms with Crippen LogP contribution in [0.2, 0.25) is 0 Å². The Morgan fingerprint density at radius 3 is 2.85 bits per heavy atom. The van der Waals surface area contributed by atoms with Crippen molar-refractivity contribution in [1.82, 2.24) is 14.9 Å². The van der Waals surface area contributed by atoms with Crippen LogP contribution in [-0.4, -0.2) is 21.4 Å². The van der Waals surface area contributed by atoms with Crippen molar-refractivity contribution in [2.75, 3.05) is 6.54 Å². The van der Waals surface area contributed by atoms with Gasteiger partial charge >= 0.3 is 0 Å². The third kappa shape index (κ3) is 3.44. The van der Waals surface area contributed by atoms with E-state index in [1.165, 1.54) is 21.6 Å². The molecule has 1 aromatic carbocycles. The van der Waals surface area contributed by atoms with Crippen molar-refractivity contribution in [1.29, 1.82) is 0 Å². The fourth-order valence-corrected chi connectivity index (χ4v) is 4.42. The van der Waals surface area contributed by atoms with Gasteiger partial charge in [0.05, 0.1) is 12.0 Å². The van der Waals surface area contributed by atoms with Crippen molar-refractivity contribution in [3.8, 4) is 22.7 Å². The molecule has 0 spiro atoms. The molecule has 0 bridgehead atoms. The molecular formula is C22H19N3OS. The largest absolute Gasteiger partial charge is 0.461 e. The lowest BCUT2D eigenvalue weighted by molar-refractivity contribution is 0.243. The van der Waals surface area contributed by atoms with E-state index in [9.17, 15) is 0 Å². The van der Waals surface area contributed by atoms with Crippen molar-refractivity contribution in [2.24, 2.45) is 0 Å². The number of rotatable bonds is 4. The average molecular weight is 373 g/mol. The molecule has 0 saturated carbocycles. The van der Waals surface area contributed by atoms with E-state index < -0.39 is 0 Å². The van der Waals surface area contributed by atoms with Gasteiger partial charge in [-0.1, -0.05) is 30.3 Å². The second kappa shape index (κ2) is 7.10. The predicted molar refractivity (Wildman–Crippen MR) is 107 cm³/mol. The minimum Gasteiger partial charge on any atom is -0.461 e. The second-order valence-corrected chi connectivity index (χ2v) is 7.77. The van der Waals surface area contributed by atoms with Crippen LogP contribution in [0.25, 0.3) is 22.7 Å². The zero-order valence-electron chi connectivity index (χ0n) is 14.8. The summed E-state index contributed by atoms with van der Waals surface area (Å²) in [6.07, 6.45) is 4.60. The second-order valence-electron chi connectivity index (χ2n) is 6.77. The van der Waals surface area contributed by atoms with E-state index in [-0.39, 0.29) is 0 Å². The number of nitrogens with zero attached hydrogens (tertiary/aromatic N) is 3. The Morgan fingerprint density at radius 1 is 1.07 bits per heavy atom. The normalized spacial score (nSPS) is 14.2. The topological polar surface area (TPSA) is 42.2 Å². The summed E-state index contributed by atoms with van der Waals surface area (Å²) in [5.41, 5.74) is 4.94. The van der Waals surface area contributed by atoms with E-state index in [0.29, 0.717) is 5.82 Å². The highest BCUT2D eigenvalue weighted by Crippen LogP contribution is 2.28. The molecule has 1 aliphatic rings. The van der Waals surface area contributed by atoms with Gasteiger partial charge in [-0.15, -0.1) is 11.3 Å². The number of furan rings is 1. The highest BCUT2D eigenvalue weighted by atomic mass is 32.1. The maximum absolute atomic E-state index is 5.44. The molecule has 0 N–H and O–H groups in total. The van der Waals surface area contributed by atoms with Crippen molar-refractivity contribution in [3.05, 3.63) is 82.5 Å². The molecule has 5 rings (SSSR count). The summed E-state index contributed by atoms with van der Waals surface area (Å²) in [5.74, 6) is 1.39. The smallest absolute Gasteiger partial charge is 0.195 e. The Bertz CT molecular complexity index is 1040. The first-order valence-electron chi connectivity index (χ1n) is 9.09. The first kappa shape index (κ1) is 16.4. The van der Waals surface area contributed by atoms with Crippen LogP contribution in [0.4, 0.5) is 0 Å². The monoisotopic (exact) mass is 373 g/mol. The number of aromatic nitrogens is 2.